The Morgan fingerprint density at radius 2 is 0.800 bits per heavy atom. The molecule has 0 fully saturated rings. The maximum absolute atomic E-state index is 2.33. The molecule has 4 aromatic rings. The normalized spacial score (nSPS) is 12.3. The molecule has 1 aliphatic heterocycles. The fraction of sp³-hybridized carbons (Fsp3) is 0.0769. The van der Waals surface area contributed by atoms with Crippen molar-refractivity contribution < 1.29 is 0 Å². The Bertz CT molecular complexity index is 1100. The summed E-state index contributed by atoms with van der Waals surface area (Å²) in [5, 5.41) is 0. The molecule has 0 N–H and O–H groups in total. The fourth-order valence-electron chi connectivity index (χ4n) is 3.15. The van der Waals surface area contributed by atoms with Crippen LogP contribution < -0.4 is 0 Å². The summed E-state index contributed by atoms with van der Waals surface area (Å²) in [6, 6.07) is 31.2. The van der Waals surface area contributed by atoms with Gasteiger partial charge < -0.3 is 0 Å². The standard InChI is InChI=1S/C26H20S4/c1-17-3-7-19(8-4-17)27-21-11-13-23-25(15-21)29-24-14-12-22(16-26(24)30-23)28-20-9-5-18(2)6-10-20/h3-16H,1-2H3. The minimum Gasteiger partial charge on any atom is -0.0901 e. The Balaban J connectivity index is 1.34. The highest BCUT2D eigenvalue weighted by Crippen LogP contribution is 2.50. The van der Waals surface area contributed by atoms with Gasteiger partial charge >= 0.3 is 0 Å². The number of rotatable bonds is 4. The van der Waals surface area contributed by atoms with Crippen molar-refractivity contribution in [2.75, 3.05) is 0 Å². The van der Waals surface area contributed by atoms with E-state index in [0.717, 1.165) is 0 Å². The molecule has 30 heavy (non-hydrogen) atoms. The fourth-order valence-corrected chi connectivity index (χ4v) is 7.29. The monoisotopic (exact) mass is 460 g/mol. The summed E-state index contributed by atoms with van der Waals surface area (Å²) in [5.41, 5.74) is 2.60. The van der Waals surface area contributed by atoms with Crippen LogP contribution in [-0.2, 0) is 0 Å². The Morgan fingerprint density at radius 1 is 0.433 bits per heavy atom. The van der Waals surface area contributed by atoms with Gasteiger partial charge in [0.15, 0.2) is 0 Å². The van der Waals surface area contributed by atoms with Crippen LogP contribution in [0.2, 0.25) is 0 Å². The molecule has 4 aromatic carbocycles. The van der Waals surface area contributed by atoms with Gasteiger partial charge in [0.05, 0.1) is 0 Å². The zero-order valence-electron chi connectivity index (χ0n) is 16.7. The van der Waals surface area contributed by atoms with Crippen molar-refractivity contribution in [1.82, 2.24) is 0 Å². The van der Waals surface area contributed by atoms with E-state index in [0.29, 0.717) is 0 Å². The summed E-state index contributed by atoms with van der Waals surface area (Å²) >= 11 is 7.42. The minimum atomic E-state index is 1.28. The van der Waals surface area contributed by atoms with Crippen LogP contribution in [0.25, 0.3) is 0 Å². The first-order valence-electron chi connectivity index (χ1n) is 9.75. The summed E-state index contributed by atoms with van der Waals surface area (Å²) < 4.78 is 0. The SMILES string of the molecule is Cc1ccc(Sc2ccc3c(c2)Sc2ccc(Sc4ccc(C)cc4)cc2S3)cc1. The van der Waals surface area contributed by atoms with Crippen molar-refractivity contribution in [3.05, 3.63) is 96.1 Å². The van der Waals surface area contributed by atoms with E-state index in [1.165, 1.54) is 50.3 Å². The van der Waals surface area contributed by atoms with Crippen molar-refractivity contribution in [2.45, 2.75) is 53.0 Å². The molecule has 0 aliphatic carbocycles. The highest BCUT2D eigenvalue weighted by atomic mass is 32.2. The Hall–Kier alpha value is -1.72. The van der Waals surface area contributed by atoms with Crippen molar-refractivity contribution in [3.8, 4) is 0 Å². The molecule has 4 heteroatoms. The third kappa shape index (κ3) is 4.62. The largest absolute Gasteiger partial charge is 0.0901 e. The van der Waals surface area contributed by atoms with E-state index in [1.807, 2.05) is 47.0 Å². The first-order valence-corrected chi connectivity index (χ1v) is 13.0. The first kappa shape index (κ1) is 20.2. The van der Waals surface area contributed by atoms with E-state index in [2.05, 4.69) is 98.8 Å². The van der Waals surface area contributed by atoms with Gasteiger partial charge in [-0.1, -0.05) is 82.4 Å². The molecule has 0 bridgehead atoms. The number of hydrogen-bond donors (Lipinski definition) is 0. The van der Waals surface area contributed by atoms with E-state index < -0.39 is 0 Å². The minimum absolute atomic E-state index is 1.28. The van der Waals surface area contributed by atoms with Gasteiger partial charge in [-0.3, -0.25) is 0 Å². The summed E-state index contributed by atoms with van der Waals surface area (Å²) in [5.74, 6) is 0. The molecule has 0 amide bonds. The molecule has 0 nitrogen and oxygen atoms in total. The number of benzene rings is 4. The number of hydrogen-bond acceptors (Lipinski definition) is 4. The molecule has 0 atom stereocenters. The van der Waals surface area contributed by atoms with E-state index >= 15 is 0 Å². The maximum atomic E-state index is 2.33. The summed E-state index contributed by atoms with van der Waals surface area (Å²) in [6.45, 7) is 4.26. The summed E-state index contributed by atoms with van der Waals surface area (Å²) in [6.07, 6.45) is 0. The number of aryl methyl sites for hydroxylation is 2. The van der Waals surface area contributed by atoms with Crippen molar-refractivity contribution in [3.63, 3.8) is 0 Å². The average Bonchev–Trinajstić information content (AvgIpc) is 2.75. The molecule has 0 spiro atoms. The van der Waals surface area contributed by atoms with E-state index in [1.54, 1.807) is 0 Å². The predicted molar refractivity (Wildman–Crippen MR) is 132 cm³/mol. The van der Waals surface area contributed by atoms with Crippen molar-refractivity contribution >= 4 is 47.0 Å². The van der Waals surface area contributed by atoms with Crippen LogP contribution in [0.1, 0.15) is 11.1 Å². The second-order valence-corrected chi connectivity index (χ2v) is 11.7. The lowest BCUT2D eigenvalue weighted by Crippen LogP contribution is -1.90. The van der Waals surface area contributed by atoms with E-state index in [-0.39, 0.29) is 0 Å². The lowest BCUT2D eigenvalue weighted by atomic mass is 10.2. The van der Waals surface area contributed by atoms with Crippen LogP contribution in [0.15, 0.2) is 124 Å². The van der Waals surface area contributed by atoms with Crippen LogP contribution in [0.4, 0.5) is 0 Å². The molecule has 0 saturated heterocycles. The van der Waals surface area contributed by atoms with Gasteiger partial charge in [-0.05, 0) is 74.5 Å². The van der Waals surface area contributed by atoms with Gasteiger partial charge in [-0.15, -0.1) is 0 Å². The van der Waals surface area contributed by atoms with Crippen LogP contribution in [0, 0.1) is 13.8 Å². The quantitative estimate of drug-likeness (QED) is 0.262. The zero-order valence-corrected chi connectivity index (χ0v) is 20.0. The predicted octanol–water partition coefficient (Wildman–Crippen LogP) is 9.22. The van der Waals surface area contributed by atoms with Crippen molar-refractivity contribution in [2.24, 2.45) is 0 Å². The first-order chi connectivity index (χ1) is 14.6. The van der Waals surface area contributed by atoms with Gasteiger partial charge in [-0.25, -0.2) is 0 Å². The maximum Gasteiger partial charge on any atom is 0.0273 e. The van der Waals surface area contributed by atoms with Gasteiger partial charge in [-0.2, -0.15) is 0 Å². The molecule has 5 rings (SSSR count). The van der Waals surface area contributed by atoms with Crippen molar-refractivity contribution in [1.29, 1.82) is 0 Å². The Labute approximate surface area is 195 Å². The molecular weight excluding hydrogens is 441 g/mol. The molecular formula is C26H20S4. The lowest BCUT2D eigenvalue weighted by molar-refractivity contribution is 1.11. The molecule has 0 aromatic heterocycles. The Morgan fingerprint density at radius 3 is 1.20 bits per heavy atom. The third-order valence-corrected chi connectivity index (χ3v) is 9.30. The highest BCUT2D eigenvalue weighted by Gasteiger charge is 2.18. The van der Waals surface area contributed by atoms with Gasteiger partial charge in [0.25, 0.3) is 0 Å². The van der Waals surface area contributed by atoms with Gasteiger partial charge in [0, 0.05) is 39.2 Å². The average molecular weight is 461 g/mol. The molecule has 0 saturated carbocycles. The van der Waals surface area contributed by atoms with Crippen LogP contribution >= 0.6 is 47.0 Å². The van der Waals surface area contributed by atoms with E-state index in [4.69, 9.17) is 0 Å². The van der Waals surface area contributed by atoms with Gasteiger partial charge in [0.2, 0.25) is 0 Å². The summed E-state index contributed by atoms with van der Waals surface area (Å²) in [4.78, 5) is 10.5. The number of fused-ring (bicyclic) bond motifs is 2. The van der Waals surface area contributed by atoms with Gasteiger partial charge in [0.1, 0.15) is 0 Å². The summed E-state index contributed by atoms with van der Waals surface area (Å²) in [7, 11) is 0. The second-order valence-electron chi connectivity index (χ2n) is 7.25. The topological polar surface area (TPSA) is 0 Å². The van der Waals surface area contributed by atoms with Crippen LogP contribution in [0.5, 0.6) is 0 Å². The Kier molecular flexibility index (Phi) is 5.92. The zero-order chi connectivity index (χ0) is 20.5. The molecule has 1 heterocycles. The molecule has 0 radical (unpaired) electrons. The third-order valence-electron chi connectivity index (χ3n) is 4.78. The van der Waals surface area contributed by atoms with E-state index in [9.17, 15) is 0 Å². The second kappa shape index (κ2) is 8.80. The van der Waals surface area contributed by atoms with Crippen LogP contribution in [-0.4, -0.2) is 0 Å². The lowest BCUT2D eigenvalue weighted by Gasteiger charge is -2.19. The molecule has 148 valence electrons. The molecule has 1 aliphatic rings. The van der Waals surface area contributed by atoms with Crippen LogP contribution in [0.3, 0.4) is 0 Å². The highest BCUT2D eigenvalue weighted by molar-refractivity contribution is 8.05. The molecule has 0 unspecified atom stereocenters. The smallest absolute Gasteiger partial charge is 0.0273 e.